The summed E-state index contributed by atoms with van der Waals surface area (Å²) in [4.78, 5) is 0. The molecule has 1 nitrogen and oxygen atoms in total. The van der Waals surface area contributed by atoms with Crippen LogP contribution in [0.2, 0.25) is 0 Å². The van der Waals surface area contributed by atoms with Crippen LogP contribution >= 0.6 is 0 Å². The molecule has 0 bridgehead atoms. The smallest absolute Gasteiger partial charge is 0.0930 e. The molecule has 0 aliphatic heterocycles. The summed E-state index contributed by atoms with van der Waals surface area (Å²) >= 11 is 0. The van der Waals surface area contributed by atoms with Crippen molar-refractivity contribution in [2.75, 3.05) is 0 Å². The Hall–Kier alpha value is -0.0400. The van der Waals surface area contributed by atoms with Gasteiger partial charge in [0, 0.05) is 0 Å². The van der Waals surface area contributed by atoms with Crippen LogP contribution < -0.4 is 0 Å². The van der Waals surface area contributed by atoms with Crippen molar-refractivity contribution in [3.05, 3.63) is 0 Å². The molecule has 0 spiro atoms. The summed E-state index contributed by atoms with van der Waals surface area (Å²) in [5.74, 6) is 4.16. The molecule has 0 amide bonds. The molecule has 0 aromatic rings. The van der Waals surface area contributed by atoms with E-state index in [9.17, 15) is 5.11 Å². The number of hydrogen-bond acceptors (Lipinski definition) is 0. The predicted octanol–water partition coefficient (Wildman–Crippen LogP) is 8.34. The first-order valence-electron chi connectivity index (χ1n) is 12.4. The topological polar surface area (TPSA) is 19.9 Å². The van der Waals surface area contributed by atoms with Gasteiger partial charge in [-0.2, -0.15) is 0 Å². The van der Waals surface area contributed by atoms with E-state index in [4.69, 9.17) is 0 Å². The summed E-state index contributed by atoms with van der Waals surface area (Å²) in [7, 11) is 0. The number of hydrogen-bond donors (Lipinski definition) is 0. The zero-order chi connectivity index (χ0) is 18.6. The fourth-order valence-corrected chi connectivity index (χ4v) is 5.85. The molecule has 2 saturated carbocycles. The summed E-state index contributed by atoms with van der Waals surface area (Å²) in [6.07, 6.45) is 24.4. The van der Waals surface area contributed by atoms with E-state index >= 15 is 0 Å². The van der Waals surface area contributed by atoms with Gasteiger partial charge in [0.1, 0.15) is 0 Å². The second kappa shape index (κ2) is 13.2. The third kappa shape index (κ3) is 8.32. The van der Waals surface area contributed by atoms with E-state index in [2.05, 4.69) is 13.8 Å². The van der Waals surface area contributed by atoms with Crippen molar-refractivity contribution in [3.63, 3.8) is 0 Å². The Labute approximate surface area is 164 Å². The molecule has 2 fully saturated rings. The molecule has 1 radical (unpaired) electrons. The highest BCUT2D eigenvalue weighted by Crippen LogP contribution is 2.43. The van der Waals surface area contributed by atoms with Crippen LogP contribution in [0.5, 0.6) is 0 Å². The molecule has 2 aliphatic carbocycles. The summed E-state index contributed by atoms with van der Waals surface area (Å²) in [5, 5.41) is 11.7. The molecule has 2 aliphatic rings. The van der Waals surface area contributed by atoms with Gasteiger partial charge in [0.25, 0.3) is 0 Å². The molecule has 0 heterocycles. The van der Waals surface area contributed by atoms with Crippen LogP contribution in [0.15, 0.2) is 0 Å². The summed E-state index contributed by atoms with van der Waals surface area (Å²) in [6.45, 7) is 4.45. The van der Waals surface area contributed by atoms with Gasteiger partial charge in [-0.3, -0.25) is 0 Å². The van der Waals surface area contributed by atoms with Crippen LogP contribution in [0.1, 0.15) is 129 Å². The molecule has 26 heavy (non-hydrogen) atoms. The maximum atomic E-state index is 11.7. The van der Waals surface area contributed by atoms with Gasteiger partial charge in [0.15, 0.2) is 0 Å². The lowest BCUT2D eigenvalue weighted by atomic mass is 9.68. The molecular weight excluding hydrogens is 316 g/mol. The van der Waals surface area contributed by atoms with Crippen molar-refractivity contribution in [2.45, 2.75) is 136 Å². The Morgan fingerprint density at radius 2 is 1.12 bits per heavy atom. The largest absolute Gasteiger partial charge is 0.233 e. The molecule has 2 rings (SSSR count). The standard InChI is InChI=1S/C25H47O/c1-3-5-6-10-21-13-17-23(18-14-21)24-19-15-22(16-20-24)11-7-8-12-25(26)9-4-2/h21-25H,3-20H2,1-2H3/t21-,22-,23-,24-,25?. The third-order valence-corrected chi connectivity index (χ3v) is 7.66. The maximum Gasteiger partial charge on any atom is 0.0930 e. The van der Waals surface area contributed by atoms with Crippen molar-refractivity contribution < 1.29 is 5.11 Å². The Morgan fingerprint density at radius 1 is 0.615 bits per heavy atom. The van der Waals surface area contributed by atoms with E-state index in [0.717, 1.165) is 42.9 Å². The van der Waals surface area contributed by atoms with Gasteiger partial charge in [-0.25, -0.2) is 5.11 Å². The molecular formula is C25H47O. The van der Waals surface area contributed by atoms with E-state index in [1.165, 1.54) is 96.3 Å². The van der Waals surface area contributed by atoms with Gasteiger partial charge < -0.3 is 0 Å². The lowest BCUT2D eigenvalue weighted by Gasteiger charge is -2.38. The summed E-state index contributed by atoms with van der Waals surface area (Å²) in [6, 6.07) is 0. The highest BCUT2D eigenvalue weighted by Gasteiger charge is 2.30. The first-order valence-corrected chi connectivity index (χ1v) is 12.4. The van der Waals surface area contributed by atoms with Crippen LogP contribution in [0.4, 0.5) is 0 Å². The van der Waals surface area contributed by atoms with Gasteiger partial charge in [-0.15, -0.1) is 0 Å². The van der Waals surface area contributed by atoms with Gasteiger partial charge in [-0.1, -0.05) is 90.9 Å². The van der Waals surface area contributed by atoms with Crippen LogP contribution in [0.3, 0.4) is 0 Å². The first kappa shape index (κ1) is 22.3. The van der Waals surface area contributed by atoms with E-state index in [-0.39, 0.29) is 6.10 Å². The van der Waals surface area contributed by atoms with Gasteiger partial charge in [0.05, 0.1) is 6.10 Å². The van der Waals surface area contributed by atoms with Gasteiger partial charge in [0.2, 0.25) is 0 Å². The second-order valence-electron chi connectivity index (χ2n) is 9.75. The Bertz CT molecular complexity index is 323. The normalized spacial score (nSPS) is 31.0. The molecule has 1 atom stereocenters. The van der Waals surface area contributed by atoms with E-state index in [1.807, 2.05) is 0 Å². The van der Waals surface area contributed by atoms with Gasteiger partial charge >= 0.3 is 0 Å². The molecule has 0 aromatic carbocycles. The highest BCUT2D eigenvalue weighted by atomic mass is 16.3. The Kier molecular flexibility index (Phi) is 11.3. The molecule has 1 heteroatoms. The van der Waals surface area contributed by atoms with Crippen LogP contribution in [-0.4, -0.2) is 6.10 Å². The van der Waals surface area contributed by atoms with Crippen molar-refractivity contribution in [1.29, 1.82) is 0 Å². The fraction of sp³-hybridized carbons (Fsp3) is 1.00. The molecule has 0 aromatic heterocycles. The van der Waals surface area contributed by atoms with Crippen molar-refractivity contribution >= 4 is 0 Å². The zero-order valence-corrected chi connectivity index (χ0v) is 18.0. The second-order valence-corrected chi connectivity index (χ2v) is 9.75. The number of rotatable bonds is 12. The predicted molar refractivity (Wildman–Crippen MR) is 113 cm³/mol. The summed E-state index contributed by atoms with van der Waals surface area (Å²) in [5.41, 5.74) is 0. The molecule has 0 N–H and O–H groups in total. The van der Waals surface area contributed by atoms with Crippen LogP contribution in [0, 0.1) is 23.7 Å². The Morgan fingerprint density at radius 3 is 1.58 bits per heavy atom. The SMILES string of the molecule is CCCCC[C@H]1CC[C@H]([C@H]2CC[C@H](CCCCC([O])CCC)CC2)CC1. The van der Waals surface area contributed by atoms with Crippen molar-refractivity contribution in [1.82, 2.24) is 0 Å². The first-order chi connectivity index (χ1) is 12.7. The van der Waals surface area contributed by atoms with Crippen LogP contribution in [0.25, 0.3) is 0 Å². The lowest BCUT2D eigenvalue weighted by molar-refractivity contribution is 0.0699. The Balaban J connectivity index is 1.52. The van der Waals surface area contributed by atoms with Gasteiger partial charge in [-0.05, 0) is 62.2 Å². The van der Waals surface area contributed by atoms with E-state index in [0.29, 0.717) is 0 Å². The molecule has 0 saturated heterocycles. The number of unbranched alkanes of at least 4 members (excludes halogenated alkanes) is 3. The van der Waals surface area contributed by atoms with Crippen LogP contribution in [-0.2, 0) is 5.11 Å². The monoisotopic (exact) mass is 363 g/mol. The van der Waals surface area contributed by atoms with Crippen molar-refractivity contribution in [3.8, 4) is 0 Å². The minimum atomic E-state index is -0.284. The zero-order valence-electron chi connectivity index (χ0n) is 18.0. The van der Waals surface area contributed by atoms with E-state index in [1.54, 1.807) is 0 Å². The maximum absolute atomic E-state index is 11.7. The highest BCUT2D eigenvalue weighted by molar-refractivity contribution is 4.82. The average molecular weight is 364 g/mol. The average Bonchev–Trinajstić information content (AvgIpc) is 2.67. The quantitative estimate of drug-likeness (QED) is 0.310. The molecule has 153 valence electrons. The summed E-state index contributed by atoms with van der Waals surface area (Å²) < 4.78 is 0. The van der Waals surface area contributed by atoms with Crippen molar-refractivity contribution in [2.24, 2.45) is 23.7 Å². The fourth-order valence-electron chi connectivity index (χ4n) is 5.85. The van der Waals surface area contributed by atoms with E-state index < -0.39 is 0 Å². The minimum Gasteiger partial charge on any atom is -0.233 e. The third-order valence-electron chi connectivity index (χ3n) is 7.66. The lowest BCUT2D eigenvalue weighted by Crippen LogP contribution is -2.26. The minimum absolute atomic E-state index is 0.284. The molecule has 1 unspecified atom stereocenters.